The maximum atomic E-state index is 14.2. The molecule has 2 aromatic heterocycles. The van der Waals surface area contributed by atoms with Crippen LogP contribution in [0.4, 0.5) is 10.1 Å². The van der Waals surface area contributed by atoms with Gasteiger partial charge in [0.15, 0.2) is 0 Å². The summed E-state index contributed by atoms with van der Waals surface area (Å²) >= 11 is 0. The van der Waals surface area contributed by atoms with Crippen LogP contribution in [0.15, 0.2) is 36.5 Å². The SMILES string of the molecule is CN1Cc2c(C3=CCCN(CC(=O)OC(C)(C)C)CC3)[nH]c3nccc(c23)-c2cc(F)ccc21. The van der Waals surface area contributed by atoms with Crippen molar-refractivity contribution in [1.29, 1.82) is 0 Å². The number of hydrogen-bond acceptors (Lipinski definition) is 5. The minimum Gasteiger partial charge on any atom is -0.459 e. The van der Waals surface area contributed by atoms with Crippen LogP contribution in [0.5, 0.6) is 0 Å². The fourth-order valence-corrected chi connectivity index (χ4v) is 5.07. The zero-order chi connectivity index (χ0) is 24.0. The fourth-order valence-electron chi connectivity index (χ4n) is 5.07. The highest BCUT2D eigenvalue weighted by molar-refractivity contribution is 6.02. The number of benzene rings is 1. The van der Waals surface area contributed by atoms with Crippen molar-refractivity contribution in [2.24, 2.45) is 0 Å². The molecule has 3 aromatic rings. The lowest BCUT2D eigenvalue weighted by molar-refractivity contribution is -0.156. The van der Waals surface area contributed by atoms with E-state index in [2.05, 4.69) is 25.8 Å². The number of esters is 1. The second-order valence-corrected chi connectivity index (χ2v) is 10.2. The van der Waals surface area contributed by atoms with Crippen LogP contribution in [0, 0.1) is 5.82 Å². The predicted molar refractivity (Wildman–Crippen MR) is 133 cm³/mol. The first kappa shape index (κ1) is 22.6. The van der Waals surface area contributed by atoms with Gasteiger partial charge in [0.05, 0.1) is 6.54 Å². The highest BCUT2D eigenvalue weighted by Crippen LogP contribution is 2.43. The molecule has 0 spiro atoms. The summed E-state index contributed by atoms with van der Waals surface area (Å²) < 4.78 is 19.7. The molecule has 5 rings (SSSR count). The summed E-state index contributed by atoms with van der Waals surface area (Å²) in [4.78, 5) is 24.8. The number of aromatic amines is 1. The van der Waals surface area contributed by atoms with E-state index in [1.54, 1.807) is 12.3 Å². The minimum absolute atomic E-state index is 0.186. The zero-order valence-corrected chi connectivity index (χ0v) is 20.2. The Morgan fingerprint density at radius 2 is 2.03 bits per heavy atom. The maximum Gasteiger partial charge on any atom is 0.320 e. The van der Waals surface area contributed by atoms with Crippen LogP contribution in [0.2, 0.25) is 0 Å². The van der Waals surface area contributed by atoms with E-state index in [4.69, 9.17) is 4.74 Å². The van der Waals surface area contributed by atoms with Crippen LogP contribution >= 0.6 is 0 Å². The van der Waals surface area contributed by atoms with Crippen molar-refractivity contribution >= 4 is 28.3 Å². The molecule has 6 nitrogen and oxygen atoms in total. The zero-order valence-electron chi connectivity index (χ0n) is 20.2. The monoisotopic (exact) mass is 462 g/mol. The van der Waals surface area contributed by atoms with Gasteiger partial charge in [0.25, 0.3) is 0 Å². The number of halogens is 1. The van der Waals surface area contributed by atoms with Gasteiger partial charge in [0.1, 0.15) is 17.1 Å². The Bertz CT molecular complexity index is 1290. The molecule has 1 N–H and O–H groups in total. The minimum atomic E-state index is -0.477. The predicted octanol–water partition coefficient (Wildman–Crippen LogP) is 5.14. The van der Waals surface area contributed by atoms with Crippen molar-refractivity contribution in [2.45, 2.75) is 45.8 Å². The molecule has 0 aliphatic carbocycles. The molecule has 2 aliphatic rings. The van der Waals surface area contributed by atoms with Gasteiger partial charge in [0.2, 0.25) is 0 Å². The average Bonchev–Trinajstić information content (AvgIpc) is 2.89. The summed E-state index contributed by atoms with van der Waals surface area (Å²) in [7, 11) is 2.04. The topological polar surface area (TPSA) is 61.5 Å². The Kier molecular flexibility index (Phi) is 5.68. The largest absolute Gasteiger partial charge is 0.459 e. The molecule has 0 amide bonds. The molecule has 4 heterocycles. The van der Waals surface area contributed by atoms with E-state index in [1.807, 2.05) is 40.0 Å². The molecule has 0 bridgehead atoms. The van der Waals surface area contributed by atoms with E-state index in [9.17, 15) is 9.18 Å². The summed E-state index contributed by atoms with van der Waals surface area (Å²) in [6.45, 7) is 8.27. The molecule has 0 radical (unpaired) electrons. The molecule has 0 unspecified atom stereocenters. The quantitative estimate of drug-likeness (QED) is 0.546. The number of fused-ring (bicyclic) bond motifs is 2. The first-order valence-electron chi connectivity index (χ1n) is 11.8. The molecule has 34 heavy (non-hydrogen) atoms. The van der Waals surface area contributed by atoms with Crippen LogP contribution in [0.3, 0.4) is 0 Å². The Morgan fingerprint density at radius 1 is 1.21 bits per heavy atom. The smallest absolute Gasteiger partial charge is 0.320 e. The van der Waals surface area contributed by atoms with Gasteiger partial charge in [-0.1, -0.05) is 6.08 Å². The van der Waals surface area contributed by atoms with Crippen LogP contribution in [0.1, 0.15) is 44.9 Å². The van der Waals surface area contributed by atoms with E-state index in [0.717, 1.165) is 59.5 Å². The summed E-state index contributed by atoms with van der Waals surface area (Å²) in [5.41, 5.74) is 6.75. The van der Waals surface area contributed by atoms with E-state index >= 15 is 0 Å². The molecule has 7 heteroatoms. The summed E-state index contributed by atoms with van der Waals surface area (Å²) in [6, 6.07) is 6.96. The van der Waals surface area contributed by atoms with Crippen molar-refractivity contribution in [2.75, 3.05) is 31.6 Å². The highest BCUT2D eigenvalue weighted by atomic mass is 19.1. The lowest BCUT2D eigenvalue weighted by Crippen LogP contribution is -2.35. The number of carbonyl (C=O) groups is 1. The number of rotatable bonds is 3. The molecule has 178 valence electrons. The number of nitrogens with one attached hydrogen (secondary N) is 1. The Balaban J connectivity index is 1.46. The maximum absolute atomic E-state index is 14.2. The molecule has 0 fully saturated rings. The lowest BCUT2D eigenvalue weighted by atomic mass is 9.98. The van der Waals surface area contributed by atoms with E-state index in [1.165, 1.54) is 17.2 Å². The van der Waals surface area contributed by atoms with Gasteiger partial charge in [0, 0.05) is 60.8 Å². The van der Waals surface area contributed by atoms with Gasteiger partial charge in [-0.3, -0.25) is 9.69 Å². The van der Waals surface area contributed by atoms with E-state index in [0.29, 0.717) is 13.1 Å². The van der Waals surface area contributed by atoms with Crippen LogP contribution < -0.4 is 4.90 Å². The highest BCUT2D eigenvalue weighted by Gasteiger charge is 2.27. The summed E-state index contributed by atoms with van der Waals surface area (Å²) in [5.74, 6) is -0.429. The first-order chi connectivity index (χ1) is 16.2. The third kappa shape index (κ3) is 4.32. The number of H-pyrrole nitrogens is 1. The van der Waals surface area contributed by atoms with Crippen LogP contribution in [-0.4, -0.2) is 53.1 Å². The number of nitrogens with zero attached hydrogens (tertiary/aromatic N) is 3. The van der Waals surface area contributed by atoms with Crippen molar-refractivity contribution in [1.82, 2.24) is 14.9 Å². The summed E-state index contributed by atoms with van der Waals surface area (Å²) in [5, 5.41) is 1.06. The lowest BCUT2D eigenvalue weighted by Gasteiger charge is -2.24. The second kappa shape index (κ2) is 8.55. The standard InChI is InChI=1S/C27H31FN4O2/c1-27(2,3)34-23(33)16-32-12-5-6-17(10-13-32)25-21-15-31(4)22-8-7-18(28)14-20(22)19-9-11-29-26(30-25)24(19)21/h6-9,11,14H,5,10,12-13,15-16H2,1-4H3,(H,29,30). The molecule has 2 aliphatic heterocycles. The third-order valence-electron chi connectivity index (χ3n) is 6.48. The van der Waals surface area contributed by atoms with Crippen molar-refractivity contribution in [3.05, 3.63) is 53.6 Å². The van der Waals surface area contributed by atoms with Gasteiger partial charge in [-0.05, 0) is 69.0 Å². The van der Waals surface area contributed by atoms with Gasteiger partial charge >= 0.3 is 5.97 Å². The molecular weight excluding hydrogens is 431 g/mol. The molecular formula is C27H31FN4O2. The molecule has 1 aromatic carbocycles. The van der Waals surface area contributed by atoms with Crippen LogP contribution in [0.25, 0.3) is 27.7 Å². The van der Waals surface area contributed by atoms with Crippen molar-refractivity contribution in [3.63, 3.8) is 0 Å². The second-order valence-electron chi connectivity index (χ2n) is 10.2. The normalized spacial score (nSPS) is 16.6. The average molecular weight is 463 g/mol. The number of anilines is 1. The number of pyridine rings is 1. The number of carbonyl (C=O) groups excluding carboxylic acids is 1. The Labute approximate surface area is 199 Å². The number of hydrogen-bond donors (Lipinski definition) is 1. The Morgan fingerprint density at radius 3 is 2.82 bits per heavy atom. The summed E-state index contributed by atoms with van der Waals surface area (Å²) in [6.07, 6.45) is 5.73. The third-order valence-corrected chi connectivity index (χ3v) is 6.48. The molecule has 0 atom stereocenters. The van der Waals surface area contributed by atoms with Gasteiger partial charge < -0.3 is 14.6 Å². The van der Waals surface area contributed by atoms with Gasteiger partial charge in [-0.2, -0.15) is 0 Å². The van der Waals surface area contributed by atoms with Crippen LogP contribution in [-0.2, 0) is 16.1 Å². The van der Waals surface area contributed by atoms with E-state index in [-0.39, 0.29) is 11.8 Å². The van der Waals surface area contributed by atoms with Gasteiger partial charge in [-0.15, -0.1) is 0 Å². The van der Waals surface area contributed by atoms with Gasteiger partial charge in [-0.25, -0.2) is 9.37 Å². The Hall–Kier alpha value is -3.19. The van der Waals surface area contributed by atoms with Crippen molar-refractivity contribution < 1.29 is 13.9 Å². The molecule has 0 saturated heterocycles. The number of aromatic nitrogens is 2. The molecule has 0 saturated carbocycles. The van der Waals surface area contributed by atoms with E-state index < -0.39 is 5.60 Å². The number of ether oxygens (including phenoxy) is 1. The van der Waals surface area contributed by atoms with Crippen molar-refractivity contribution in [3.8, 4) is 11.1 Å². The fraction of sp³-hybridized carbons (Fsp3) is 0.407. The first-order valence-corrected chi connectivity index (χ1v) is 11.8.